The molecule has 1 aliphatic heterocycles. The average Bonchev–Trinajstić information content (AvgIpc) is 3.13. The molecule has 1 saturated heterocycles. The van der Waals surface area contributed by atoms with Crippen LogP contribution < -0.4 is 10.2 Å². The number of thiazole rings is 1. The highest BCUT2D eigenvalue weighted by Crippen LogP contribution is 2.32. The number of carbonyl (C=O) groups is 1. The quantitative estimate of drug-likeness (QED) is 0.765. The largest absolute Gasteiger partial charge is 0.350 e. The fourth-order valence-corrected chi connectivity index (χ4v) is 4.23. The lowest BCUT2D eigenvalue weighted by atomic mass is 9.96. The lowest BCUT2D eigenvalue weighted by Gasteiger charge is -2.31. The number of pyridine rings is 1. The van der Waals surface area contributed by atoms with E-state index in [-0.39, 0.29) is 17.6 Å². The summed E-state index contributed by atoms with van der Waals surface area (Å²) in [5.41, 5.74) is 1.29. The number of piperidine rings is 1. The molecule has 1 N–H and O–H groups in total. The number of aromatic nitrogens is 2. The third-order valence-corrected chi connectivity index (χ3v) is 5.75. The van der Waals surface area contributed by atoms with Gasteiger partial charge in [0.15, 0.2) is 5.13 Å². The number of nitrogens with one attached hydrogen (secondary N) is 1. The van der Waals surface area contributed by atoms with Crippen LogP contribution in [-0.2, 0) is 11.3 Å². The van der Waals surface area contributed by atoms with E-state index >= 15 is 0 Å². The molecule has 0 unspecified atom stereocenters. The number of para-hydroxylation sites is 1. The summed E-state index contributed by atoms with van der Waals surface area (Å²) in [6, 6.07) is 10.7. The van der Waals surface area contributed by atoms with Gasteiger partial charge in [-0.15, -0.1) is 0 Å². The molecule has 0 radical (unpaired) electrons. The van der Waals surface area contributed by atoms with Crippen molar-refractivity contribution < 1.29 is 9.18 Å². The number of carbonyl (C=O) groups excluding carboxylic acids is 1. The number of hydrogen-bond acceptors (Lipinski definition) is 5. The maximum Gasteiger partial charge on any atom is 0.223 e. The molecular weight excluding hydrogens is 351 g/mol. The minimum absolute atomic E-state index is 0.000997. The Morgan fingerprint density at radius 2 is 2.08 bits per heavy atom. The van der Waals surface area contributed by atoms with Crippen LogP contribution in [0.1, 0.15) is 18.5 Å². The number of amides is 1. The molecule has 134 valence electrons. The average molecular weight is 370 g/mol. The predicted octanol–water partition coefficient (Wildman–Crippen LogP) is 3.36. The summed E-state index contributed by atoms with van der Waals surface area (Å²) in [7, 11) is 0. The summed E-state index contributed by atoms with van der Waals surface area (Å²) in [4.78, 5) is 23.2. The van der Waals surface area contributed by atoms with Gasteiger partial charge in [-0.05, 0) is 37.1 Å². The van der Waals surface area contributed by atoms with Gasteiger partial charge in [0, 0.05) is 25.2 Å². The molecule has 2 aromatic heterocycles. The van der Waals surface area contributed by atoms with Crippen molar-refractivity contribution in [2.75, 3.05) is 18.0 Å². The van der Waals surface area contributed by atoms with Crippen LogP contribution in [0.25, 0.3) is 10.2 Å². The first-order valence-electron chi connectivity index (χ1n) is 8.68. The molecule has 26 heavy (non-hydrogen) atoms. The monoisotopic (exact) mass is 370 g/mol. The zero-order valence-corrected chi connectivity index (χ0v) is 15.0. The third kappa shape index (κ3) is 3.53. The molecule has 1 amide bonds. The van der Waals surface area contributed by atoms with Crippen LogP contribution in [0.2, 0.25) is 0 Å². The van der Waals surface area contributed by atoms with E-state index in [1.807, 2.05) is 24.3 Å². The molecular formula is C19H19FN4OS. The van der Waals surface area contributed by atoms with Crippen molar-refractivity contribution in [2.45, 2.75) is 19.4 Å². The molecule has 1 aliphatic rings. The van der Waals surface area contributed by atoms with Crippen LogP contribution >= 0.6 is 11.3 Å². The highest BCUT2D eigenvalue weighted by Gasteiger charge is 2.26. The van der Waals surface area contributed by atoms with Crippen LogP contribution in [0.5, 0.6) is 0 Å². The summed E-state index contributed by atoms with van der Waals surface area (Å²) in [5.74, 6) is -0.208. The summed E-state index contributed by atoms with van der Waals surface area (Å²) in [5, 5.41) is 3.80. The van der Waals surface area contributed by atoms with Gasteiger partial charge in [-0.1, -0.05) is 23.5 Å². The molecule has 1 fully saturated rings. The molecule has 0 saturated carbocycles. The minimum atomic E-state index is -0.284. The summed E-state index contributed by atoms with van der Waals surface area (Å²) in [6.45, 7) is 1.96. The van der Waals surface area contributed by atoms with Gasteiger partial charge in [0.1, 0.15) is 11.3 Å². The van der Waals surface area contributed by atoms with Crippen molar-refractivity contribution in [3.8, 4) is 0 Å². The number of hydrogen-bond donors (Lipinski definition) is 1. The minimum Gasteiger partial charge on any atom is -0.350 e. The molecule has 0 aliphatic carbocycles. The van der Waals surface area contributed by atoms with Crippen molar-refractivity contribution in [3.05, 3.63) is 54.1 Å². The molecule has 7 heteroatoms. The van der Waals surface area contributed by atoms with Crippen LogP contribution in [0.15, 0.2) is 42.6 Å². The first kappa shape index (κ1) is 16.9. The maximum absolute atomic E-state index is 13.8. The highest BCUT2D eigenvalue weighted by atomic mass is 32.1. The van der Waals surface area contributed by atoms with Gasteiger partial charge < -0.3 is 10.2 Å². The number of benzene rings is 1. The topological polar surface area (TPSA) is 58.1 Å². The molecule has 4 rings (SSSR count). The molecule has 5 nitrogen and oxygen atoms in total. The van der Waals surface area contributed by atoms with Crippen LogP contribution in [0, 0.1) is 11.7 Å². The van der Waals surface area contributed by atoms with Crippen molar-refractivity contribution >= 4 is 32.6 Å². The third-order valence-electron chi connectivity index (χ3n) is 4.66. The Morgan fingerprint density at radius 3 is 2.81 bits per heavy atom. The second kappa shape index (κ2) is 7.37. The molecule has 1 aromatic carbocycles. The fourth-order valence-electron chi connectivity index (χ4n) is 3.20. The van der Waals surface area contributed by atoms with Crippen LogP contribution in [-0.4, -0.2) is 29.0 Å². The van der Waals surface area contributed by atoms with Gasteiger partial charge >= 0.3 is 0 Å². The summed E-state index contributed by atoms with van der Waals surface area (Å²) < 4.78 is 14.7. The van der Waals surface area contributed by atoms with Crippen molar-refractivity contribution in [1.29, 1.82) is 0 Å². The Bertz CT molecular complexity index is 906. The van der Waals surface area contributed by atoms with E-state index in [0.29, 0.717) is 12.1 Å². The van der Waals surface area contributed by atoms with Gasteiger partial charge in [0.05, 0.1) is 16.9 Å². The lowest BCUT2D eigenvalue weighted by molar-refractivity contribution is -0.125. The Balaban J connectivity index is 1.34. The lowest BCUT2D eigenvalue weighted by Crippen LogP contribution is -2.40. The van der Waals surface area contributed by atoms with E-state index in [2.05, 4.69) is 20.2 Å². The second-order valence-corrected chi connectivity index (χ2v) is 7.39. The van der Waals surface area contributed by atoms with Crippen molar-refractivity contribution in [3.63, 3.8) is 0 Å². The smallest absolute Gasteiger partial charge is 0.223 e. The van der Waals surface area contributed by atoms with Crippen LogP contribution in [0.3, 0.4) is 0 Å². The van der Waals surface area contributed by atoms with E-state index in [9.17, 15) is 9.18 Å². The normalized spacial score (nSPS) is 15.3. The van der Waals surface area contributed by atoms with E-state index in [4.69, 9.17) is 0 Å². The van der Waals surface area contributed by atoms with Gasteiger partial charge in [-0.25, -0.2) is 9.37 Å². The maximum atomic E-state index is 13.8. The van der Waals surface area contributed by atoms with Crippen molar-refractivity contribution in [1.82, 2.24) is 15.3 Å². The summed E-state index contributed by atoms with van der Waals surface area (Å²) >= 11 is 1.50. The van der Waals surface area contributed by atoms with Gasteiger partial charge in [-0.2, -0.15) is 0 Å². The summed E-state index contributed by atoms with van der Waals surface area (Å²) in [6.07, 6.45) is 3.26. The standard InChI is InChI=1S/C19H19FN4OS/c20-15-5-3-6-16-17(15)23-19(26-16)24-10-7-13(8-11-24)18(25)22-12-14-4-1-2-9-21-14/h1-6,9,13H,7-8,10-12H2,(H,22,25). The Kier molecular flexibility index (Phi) is 4.79. The fraction of sp³-hybridized carbons (Fsp3) is 0.316. The zero-order valence-electron chi connectivity index (χ0n) is 14.2. The SMILES string of the molecule is O=C(NCc1ccccn1)C1CCN(c2nc3c(F)cccc3s2)CC1. The Labute approximate surface area is 154 Å². The Hall–Kier alpha value is -2.54. The van der Waals surface area contributed by atoms with E-state index in [1.165, 1.54) is 17.4 Å². The first-order chi connectivity index (χ1) is 12.7. The van der Waals surface area contributed by atoms with Crippen molar-refractivity contribution in [2.24, 2.45) is 5.92 Å². The molecule has 0 atom stereocenters. The van der Waals surface area contributed by atoms with E-state index in [1.54, 1.807) is 12.3 Å². The van der Waals surface area contributed by atoms with E-state index in [0.717, 1.165) is 41.5 Å². The zero-order chi connectivity index (χ0) is 17.9. The molecule has 3 heterocycles. The number of nitrogens with zero attached hydrogens (tertiary/aromatic N) is 3. The van der Waals surface area contributed by atoms with Gasteiger partial charge in [-0.3, -0.25) is 9.78 Å². The van der Waals surface area contributed by atoms with Gasteiger partial charge in [0.25, 0.3) is 0 Å². The second-order valence-electron chi connectivity index (χ2n) is 6.38. The number of anilines is 1. The predicted molar refractivity (Wildman–Crippen MR) is 101 cm³/mol. The van der Waals surface area contributed by atoms with Gasteiger partial charge in [0.2, 0.25) is 5.91 Å². The number of halogens is 1. The molecule has 0 spiro atoms. The Morgan fingerprint density at radius 1 is 1.23 bits per heavy atom. The number of fused-ring (bicyclic) bond motifs is 1. The molecule has 0 bridgehead atoms. The van der Waals surface area contributed by atoms with Crippen LogP contribution in [0.4, 0.5) is 9.52 Å². The molecule has 3 aromatic rings. The first-order valence-corrected chi connectivity index (χ1v) is 9.50. The highest BCUT2D eigenvalue weighted by molar-refractivity contribution is 7.22. The van der Waals surface area contributed by atoms with E-state index < -0.39 is 0 Å². The number of rotatable bonds is 4.